The van der Waals surface area contributed by atoms with Gasteiger partial charge in [-0.3, -0.25) is 4.79 Å². The van der Waals surface area contributed by atoms with E-state index in [1.807, 2.05) is 30.3 Å². The molecule has 0 saturated heterocycles. The molecule has 1 aromatic heterocycles. The van der Waals surface area contributed by atoms with Crippen molar-refractivity contribution in [3.05, 3.63) is 57.8 Å². The van der Waals surface area contributed by atoms with Crippen LogP contribution in [0.15, 0.2) is 41.8 Å². The summed E-state index contributed by atoms with van der Waals surface area (Å²) in [6.45, 7) is 2.95. The van der Waals surface area contributed by atoms with Crippen molar-refractivity contribution in [2.45, 2.75) is 25.9 Å². The van der Waals surface area contributed by atoms with Crippen LogP contribution in [0.25, 0.3) is 0 Å². The van der Waals surface area contributed by atoms with Crippen molar-refractivity contribution in [1.29, 1.82) is 0 Å². The van der Waals surface area contributed by atoms with Crippen molar-refractivity contribution in [2.75, 3.05) is 6.61 Å². The van der Waals surface area contributed by atoms with Gasteiger partial charge in [0.25, 0.3) is 0 Å². The molecular formula is C16H18O3S. The number of thiophene rings is 1. The van der Waals surface area contributed by atoms with E-state index in [0.29, 0.717) is 13.2 Å². The maximum absolute atomic E-state index is 10.9. The zero-order valence-electron chi connectivity index (χ0n) is 11.4. The maximum atomic E-state index is 10.9. The molecule has 0 radical (unpaired) electrons. The van der Waals surface area contributed by atoms with Crippen LogP contribution in [-0.4, -0.2) is 17.7 Å². The summed E-state index contributed by atoms with van der Waals surface area (Å²) in [6, 6.07) is 11.7. The molecule has 2 aromatic rings. The number of carboxylic acids is 1. The Kier molecular flexibility index (Phi) is 5.32. The first-order chi connectivity index (χ1) is 9.66. The first-order valence-electron chi connectivity index (χ1n) is 6.58. The molecule has 1 unspecified atom stereocenters. The minimum Gasteiger partial charge on any atom is -0.481 e. The van der Waals surface area contributed by atoms with Gasteiger partial charge in [-0.2, -0.15) is 0 Å². The Balaban J connectivity index is 1.77. The Bertz CT molecular complexity index is 531. The Morgan fingerprint density at radius 1 is 1.30 bits per heavy atom. The molecule has 106 valence electrons. The predicted octanol–water partition coefficient (Wildman–Crippen LogP) is 3.70. The number of carbonyl (C=O) groups is 1. The van der Waals surface area contributed by atoms with E-state index in [4.69, 9.17) is 9.84 Å². The topological polar surface area (TPSA) is 46.5 Å². The molecule has 0 saturated carbocycles. The van der Waals surface area contributed by atoms with Gasteiger partial charge in [-0.1, -0.05) is 30.3 Å². The normalized spacial score (nSPS) is 12.2. The molecule has 0 spiro atoms. The molecule has 0 fully saturated rings. The van der Waals surface area contributed by atoms with Gasteiger partial charge in [0.15, 0.2) is 0 Å². The van der Waals surface area contributed by atoms with Crippen LogP contribution in [0.2, 0.25) is 0 Å². The lowest BCUT2D eigenvalue weighted by atomic mass is 10.0. The van der Waals surface area contributed by atoms with Crippen molar-refractivity contribution in [1.82, 2.24) is 0 Å². The first-order valence-corrected chi connectivity index (χ1v) is 7.46. The molecule has 1 aromatic carbocycles. The minimum absolute atomic E-state index is 0.469. The van der Waals surface area contributed by atoms with E-state index in [1.54, 1.807) is 18.3 Å². The van der Waals surface area contributed by atoms with Gasteiger partial charge in [-0.05, 0) is 29.5 Å². The van der Waals surface area contributed by atoms with Gasteiger partial charge in [0, 0.05) is 11.3 Å². The van der Waals surface area contributed by atoms with Crippen molar-refractivity contribution in [3.8, 4) is 0 Å². The van der Waals surface area contributed by atoms with E-state index in [-0.39, 0.29) is 0 Å². The van der Waals surface area contributed by atoms with E-state index in [0.717, 1.165) is 17.5 Å². The Hall–Kier alpha value is -1.65. The Morgan fingerprint density at radius 2 is 2.05 bits per heavy atom. The molecule has 1 N–H and O–H groups in total. The molecule has 0 bridgehead atoms. The second-order valence-electron chi connectivity index (χ2n) is 4.68. The number of hydrogen-bond acceptors (Lipinski definition) is 3. The average molecular weight is 290 g/mol. The Labute approximate surface area is 122 Å². The van der Waals surface area contributed by atoms with E-state index in [2.05, 4.69) is 11.4 Å². The summed E-state index contributed by atoms with van der Waals surface area (Å²) in [5.74, 6) is -1.27. The van der Waals surface area contributed by atoms with Crippen LogP contribution in [0, 0.1) is 0 Å². The molecule has 3 nitrogen and oxygen atoms in total. The third kappa shape index (κ3) is 4.18. The van der Waals surface area contributed by atoms with Gasteiger partial charge in [0.1, 0.15) is 0 Å². The predicted molar refractivity (Wildman–Crippen MR) is 80.2 cm³/mol. The summed E-state index contributed by atoms with van der Waals surface area (Å²) in [6.07, 6.45) is 0.936. The van der Waals surface area contributed by atoms with E-state index < -0.39 is 11.9 Å². The molecule has 0 aliphatic carbocycles. The highest BCUT2D eigenvalue weighted by Gasteiger charge is 2.12. The van der Waals surface area contributed by atoms with Gasteiger partial charge >= 0.3 is 5.97 Å². The van der Waals surface area contributed by atoms with E-state index >= 15 is 0 Å². The molecule has 1 atom stereocenters. The molecule has 0 aliphatic heterocycles. The van der Waals surface area contributed by atoms with Crippen molar-refractivity contribution < 1.29 is 14.6 Å². The fourth-order valence-electron chi connectivity index (χ4n) is 1.86. The lowest BCUT2D eigenvalue weighted by Crippen LogP contribution is -2.07. The number of benzene rings is 1. The van der Waals surface area contributed by atoms with Crippen LogP contribution in [0.3, 0.4) is 0 Å². The largest absolute Gasteiger partial charge is 0.481 e. The second kappa shape index (κ2) is 7.22. The molecule has 0 aliphatic rings. The van der Waals surface area contributed by atoms with Crippen LogP contribution < -0.4 is 0 Å². The summed E-state index contributed by atoms with van der Waals surface area (Å²) in [7, 11) is 0. The quantitative estimate of drug-likeness (QED) is 0.791. The summed E-state index contributed by atoms with van der Waals surface area (Å²) >= 11 is 1.74. The van der Waals surface area contributed by atoms with Gasteiger partial charge in [-0.15, -0.1) is 11.3 Å². The Morgan fingerprint density at radius 3 is 2.65 bits per heavy atom. The summed E-state index contributed by atoms with van der Waals surface area (Å²) in [4.78, 5) is 12.2. The first kappa shape index (κ1) is 14.8. The molecule has 1 heterocycles. The number of carboxylic acid groups (broad SMARTS) is 1. The standard InChI is InChI=1S/C16H18O3S/c1-12(16(17)18)14-6-4-13(5-7-14)11-19-9-8-15-3-2-10-20-15/h2-7,10,12H,8-9,11H2,1H3,(H,17,18). The van der Waals surface area contributed by atoms with Crippen LogP contribution in [0.5, 0.6) is 0 Å². The molecule has 2 rings (SSSR count). The maximum Gasteiger partial charge on any atom is 0.310 e. The van der Waals surface area contributed by atoms with Gasteiger partial charge < -0.3 is 9.84 Å². The molecule has 4 heteroatoms. The molecular weight excluding hydrogens is 272 g/mol. The third-order valence-electron chi connectivity index (χ3n) is 3.19. The summed E-state index contributed by atoms with van der Waals surface area (Å²) < 4.78 is 5.63. The third-order valence-corrected chi connectivity index (χ3v) is 4.13. The smallest absolute Gasteiger partial charge is 0.310 e. The van der Waals surface area contributed by atoms with Gasteiger partial charge in [-0.25, -0.2) is 0 Å². The fourth-order valence-corrected chi connectivity index (χ4v) is 2.55. The van der Waals surface area contributed by atoms with E-state index in [9.17, 15) is 4.79 Å². The van der Waals surface area contributed by atoms with Gasteiger partial charge in [0.2, 0.25) is 0 Å². The van der Waals surface area contributed by atoms with Crippen LogP contribution in [0.4, 0.5) is 0 Å². The van der Waals surface area contributed by atoms with Crippen LogP contribution >= 0.6 is 11.3 Å². The van der Waals surface area contributed by atoms with Crippen molar-refractivity contribution >= 4 is 17.3 Å². The minimum atomic E-state index is -0.801. The lowest BCUT2D eigenvalue weighted by Gasteiger charge is -2.08. The molecule has 20 heavy (non-hydrogen) atoms. The highest BCUT2D eigenvalue weighted by atomic mass is 32.1. The highest BCUT2D eigenvalue weighted by molar-refractivity contribution is 7.09. The SMILES string of the molecule is CC(C(=O)O)c1ccc(COCCc2cccs2)cc1. The number of rotatable bonds is 7. The average Bonchev–Trinajstić information content (AvgIpc) is 2.96. The zero-order chi connectivity index (χ0) is 14.4. The number of aliphatic carboxylic acids is 1. The summed E-state index contributed by atoms with van der Waals surface area (Å²) in [5, 5.41) is 11.0. The van der Waals surface area contributed by atoms with Gasteiger partial charge in [0.05, 0.1) is 19.1 Å². The van der Waals surface area contributed by atoms with Crippen molar-refractivity contribution in [3.63, 3.8) is 0 Å². The zero-order valence-corrected chi connectivity index (χ0v) is 12.2. The van der Waals surface area contributed by atoms with Crippen LogP contribution in [0.1, 0.15) is 28.8 Å². The monoisotopic (exact) mass is 290 g/mol. The number of hydrogen-bond donors (Lipinski definition) is 1. The molecule has 0 amide bonds. The van der Waals surface area contributed by atoms with E-state index in [1.165, 1.54) is 4.88 Å². The fraction of sp³-hybridized carbons (Fsp3) is 0.312. The number of ether oxygens (including phenoxy) is 1. The summed E-state index contributed by atoms with van der Waals surface area (Å²) in [5.41, 5.74) is 1.89. The second-order valence-corrected chi connectivity index (χ2v) is 5.72. The van der Waals surface area contributed by atoms with Crippen molar-refractivity contribution in [2.24, 2.45) is 0 Å². The van der Waals surface area contributed by atoms with Crippen LogP contribution in [-0.2, 0) is 22.6 Å². The highest BCUT2D eigenvalue weighted by Crippen LogP contribution is 2.16. The lowest BCUT2D eigenvalue weighted by molar-refractivity contribution is -0.138.